The highest BCUT2D eigenvalue weighted by molar-refractivity contribution is 6.30. The van der Waals surface area contributed by atoms with Gasteiger partial charge < -0.3 is 15.6 Å². The van der Waals surface area contributed by atoms with E-state index in [1.54, 1.807) is 36.8 Å². The number of benzene rings is 2. The molecule has 3 rings (SSSR count). The van der Waals surface area contributed by atoms with Gasteiger partial charge in [0.2, 0.25) is 0 Å². The number of amides is 2. The lowest BCUT2D eigenvalue weighted by molar-refractivity contribution is 0.262. The van der Waals surface area contributed by atoms with Crippen LogP contribution in [0.15, 0.2) is 61.1 Å². The van der Waals surface area contributed by atoms with Crippen LogP contribution in [0.4, 0.5) is 16.2 Å². The van der Waals surface area contributed by atoms with Gasteiger partial charge in [-0.1, -0.05) is 29.8 Å². The zero-order chi connectivity index (χ0) is 15.4. The lowest BCUT2D eigenvalue weighted by Gasteiger charge is -2.09. The van der Waals surface area contributed by atoms with Gasteiger partial charge in [0, 0.05) is 22.0 Å². The predicted molar refractivity (Wildman–Crippen MR) is 88.1 cm³/mol. The van der Waals surface area contributed by atoms with Crippen molar-refractivity contribution in [2.75, 3.05) is 10.6 Å². The molecule has 2 aromatic carbocycles. The second-order valence-corrected chi connectivity index (χ2v) is 5.07. The number of aromatic nitrogens is 2. The van der Waals surface area contributed by atoms with Crippen LogP contribution in [0.5, 0.6) is 0 Å². The van der Waals surface area contributed by atoms with Gasteiger partial charge in [0.15, 0.2) is 0 Å². The van der Waals surface area contributed by atoms with Crippen molar-refractivity contribution in [1.29, 1.82) is 0 Å². The van der Waals surface area contributed by atoms with Crippen LogP contribution in [-0.2, 0) is 0 Å². The molecule has 0 saturated heterocycles. The van der Waals surface area contributed by atoms with E-state index < -0.39 is 0 Å². The summed E-state index contributed by atoms with van der Waals surface area (Å²) in [4.78, 5) is 19.0. The number of imidazole rings is 1. The SMILES string of the molecule is O=C(Nc1cccc(Cl)c1)Nc1cccc(-c2cnc[nH]2)c1. The van der Waals surface area contributed by atoms with Gasteiger partial charge in [-0.2, -0.15) is 0 Å². The van der Waals surface area contributed by atoms with Crippen molar-refractivity contribution in [3.05, 3.63) is 66.1 Å². The van der Waals surface area contributed by atoms with E-state index in [9.17, 15) is 4.79 Å². The molecule has 0 atom stereocenters. The van der Waals surface area contributed by atoms with Crippen molar-refractivity contribution in [3.63, 3.8) is 0 Å². The molecule has 3 N–H and O–H groups in total. The Hall–Kier alpha value is -2.79. The van der Waals surface area contributed by atoms with Crippen molar-refractivity contribution < 1.29 is 4.79 Å². The molecule has 0 unspecified atom stereocenters. The lowest BCUT2D eigenvalue weighted by Crippen LogP contribution is -2.19. The molecule has 0 aliphatic carbocycles. The van der Waals surface area contributed by atoms with Crippen molar-refractivity contribution in [2.45, 2.75) is 0 Å². The number of nitrogens with one attached hydrogen (secondary N) is 3. The van der Waals surface area contributed by atoms with Crippen LogP contribution >= 0.6 is 11.6 Å². The quantitative estimate of drug-likeness (QED) is 0.672. The maximum absolute atomic E-state index is 12.0. The minimum Gasteiger partial charge on any atom is -0.345 e. The molecular formula is C16H13ClN4O. The monoisotopic (exact) mass is 312 g/mol. The van der Waals surface area contributed by atoms with Crippen molar-refractivity contribution in [3.8, 4) is 11.3 Å². The molecule has 6 heteroatoms. The Morgan fingerprint density at radius 3 is 2.45 bits per heavy atom. The molecule has 0 bridgehead atoms. The Morgan fingerprint density at radius 2 is 1.77 bits per heavy atom. The first-order valence-electron chi connectivity index (χ1n) is 6.63. The summed E-state index contributed by atoms with van der Waals surface area (Å²) in [5, 5.41) is 6.08. The Balaban J connectivity index is 1.70. The molecule has 2 amide bonds. The first-order chi connectivity index (χ1) is 10.7. The molecular weight excluding hydrogens is 300 g/mol. The molecule has 0 aliphatic heterocycles. The Kier molecular flexibility index (Phi) is 4.07. The number of hydrogen-bond acceptors (Lipinski definition) is 2. The highest BCUT2D eigenvalue weighted by Crippen LogP contribution is 2.20. The van der Waals surface area contributed by atoms with Crippen LogP contribution in [0, 0.1) is 0 Å². The topological polar surface area (TPSA) is 69.8 Å². The highest BCUT2D eigenvalue weighted by atomic mass is 35.5. The van der Waals surface area contributed by atoms with Crippen LogP contribution in [0.3, 0.4) is 0 Å². The predicted octanol–water partition coefficient (Wildman–Crippen LogP) is 4.37. The third kappa shape index (κ3) is 3.45. The van der Waals surface area contributed by atoms with Gasteiger partial charge in [-0.15, -0.1) is 0 Å². The maximum atomic E-state index is 12.0. The Morgan fingerprint density at radius 1 is 1.05 bits per heavy atom. The summed E-state index contributed by atoms with van der Waals surface area (Å²) in [6, 6.07) is 14.1. The average Bonchev–Trinajstić information content (AvgIpc) is 3.01. The molecule has 0 fully saturated rings. The van der Waals surface area contributed by atoms with Gasteiger partial charge >= 0.3 is 6.03 Å². The summed E-state index contributed by atoms with van der Waals surface area (Å²) in [5.74, 6) is 0. The Labute approximate surface area is 132 Å². The second kappa shape index (κ2) is 6.32. The summed E-state index contributed by atoms with van der Waals surface area (Å²) >= 11 is 5.89. The summed E-state index contributed by atoms with van der Waals surface area (Å²) < 4.78 is 0. The van der Waals surface area contributed by atoms with E-state index in [1.165, 1.54) is 0 Å². The number of nitrogens with zero attached hydrogens (tertiary/aromatic N) is 1. The number of rotatable bonds is 3. The molecule has 22 heavy (non-hydrogen) atoms. The van der Waals surface area contributed by atoms with Gasteiger partial charge in [0.05, 0.1) is 18.2 Å². The molecule has 5 nitrogen and oxygen atoms in total. The van der Waals surface area contributed by atoms with E-state index >= 15 is 0 Å². The average molecular weight is 313 g/mol. The van der Waals surface area contributed by atoms with Gasteiger partial charge in [-0.05, 0) is 30.3 Å². The number of urea groups is 1. The Bertz CT molecular complexity index is 786. The number of aromatic amines is 1. The van der Waals surface area contributed by atoms with Gasteiger partial charge in [0.25, 0.3) is 0 Å². The summed E-state index contributed by atoms with van der Waals surface area (Å²) in [7, 11) is 0. The zero-order valence-corrected chi connectivity index (χ0v) is 12.3. The smallest absolute Gasteiger partial charge is 0.323 e. The fourth-order valence-electron chi connectivity index (χ4n) is 2.04. The van der Waals surface area contributed by atoms with Crippen molar-refractivity contribution >= 4 is 29.0 Å². The first kappa shape index (κ1) is 14.2. The molecule has 1 heterocycles. The molecule has 0 spiro atoms. The maximum Gasteiger partial charge on any atom is 0.323 e. The summed E-state index contributed by atoms with van der Waals surface area (Å²) in [6.07, 6.45) is 3.34. The van der Waals surface area contributed by atoms with E-state index in [-0.39, 0.29) is 6.03 Å². The normalized spacial score (nSPS) is 10.2. The van der Waals surface area contributed by atoms with Crippen LogP contribution in [0.25, 0.3) is 11.3 Å². The standard InChI is InChI=1S/C16H13ClN4O/c17-12-4-2-6-14(8-12)21-16(22)20-13-5-1-3-11(7-13)15-9-18-10-19-15/h1-10H,(H,18,19)(H2,20,21,22). The van der Waals surface area contributed by atoms with E-state index in [0.29, 0.717) is 16.4 Å². The second-order valence-electron chi connectivity index (χ2n) is 4.64. The number of H-pyrrole nitrogens is 1. The van der Waals surface area contributed by atoms with Gasteiger partial charge in [-0.25, -0.2) is 9.78 Å². The largest absolute Gasteiger partial charge is 0.345 e. The molecule has 0 aliphatic rings. The molecule has 1 aromatic heterocycles. The number of carbonyl (C=O) groups is 1. The number of halogens is 1. The number of carbonyl (C=O) groups excluding carboxylic acids is 1. The first-order valence-corrected chi connectivity index (χ1v) is 7.01. The van der Waals surface area contributed by atoms with E-state index in [4.69, 9.17) is 11.6 Å². The number of anilines is 2. The van der Waals surface area contributed by atoms with E-state index in [2.05, 4.69) is 20.6 Å². The van der Waals surface area contributed by atoms with Crippen molar-refractivity contribution in [2.24, 2.45) is 0 Å². The molecule has 0 saturated carbocycles. The van der Waals surface area contributed by atoms with Crippen LogP contribution in [-0.4, -0.2) is 16.0 Å². The third-order valence-corrected chi connectivity index (χ3v) is 3.25. The molecule has 0 radical (unpaired) electrons. The minimum atomic E-state index is -0.330. The van der Waals surface area contributed by atoms with Crippen LogP contribution in [0.1, 0.15) is 0 Å². The number of hydrogen-bond donors (Lipinski definition) is 3. The lowest BCUT2D eigenvalue weighted by atomic mass is 10.1. The fraction of sp³-hybridized carbons (Fsp3) is 0. The van der Waals surface area contributed by atoms with Crippen LogP contribution in [0.2, 0.25) is 5.02 Å². The molecule has 110 valence electrons. The summed E-state index contributed by atoms with van der Waals surface area (Å²) in [5.41, 5.74) is 3.15. The van der Waals surface area contributed by atoms with Crippen LogP contribution < -0.4 is 10.6 Å². The zero-order valence-electron chi connectivity index (χ0n) is 11.5. The van der Waals surface area contributed by atoms with E-state index in [0.717, 1.165) is 11.3 Å². The van der Waals surface area contributed by atoms with Gasteiger partial charge in [-0.3, -0.25) is 0 Å². The third-order valence-electron chi connectivity index (χ3n) is 3.01. The minimum absolute atomic E-state index is 0.330. The molecule has 3 aromatic rings. The van der Waals surface area contributed by atoms with E-state index in [1.807, 2.05) is 24.3 Å². The van der Waals surface area contributed by atoms with Crippen molar-refractivity contribution in [1.82, 2.24) is 9.97 Å². The fourth-order valence-corrected chi connectivity index (χ4v) is 2.23. The highest BCUT2D eigenvalue weighted by Gasteiger charge is 2.05. The summed E-state index contributed by atoms with van der Waals surface area (Å²) in [6.45, 7) is 0. The van der Waals surface area contributed by atoms with Gasteiger partial charge in [0.1, 0.15) is 0 Å².